The minimum absolute atomic E-state index is 0.257. The second-order valence-corrected chi connectivity index (χ2v) is 6.07. The molecule has 1 unspecified atom stereocenters. The molecule has 2 heterocycles. The number of rotatable bonds is 4. The Labute approximate surface area is 128 Å². The molecule has 7 heteroatoms. The monoisotopic (exact) mass is 307 g/mol. The molecular weight excluding hydrogens is 288 g/mol. The molecule has 0 N–H and O–H groups in total. The van der Waals surface area contributed by atoms with Crippen molar-refractivity contribution in [3.8, 4) is 0 Å². The standard InChI is InChI=1S/C14H19N4O2S/c1-6-7-21-13-15-11-10(18(13)8-9(2)3)12(19)17(5)14(20)16(11)4/h6,10H,1-2,7-8H2,3-5H3/q+1. The lowest BCUT2D eigenvalue weighted by atomic mass is 10.1. The Hall–Kier alpha value is -1.89. The lowest BCUT2D eigenvalue weighted by Gasteiger charge is -2.30. The predicted octanol–water partition coefficient (Wildman–Crippen LogP) is 1.15. The van der Waals surface area contributed by atoms with Crippen molar-refractivity contribution in [3.63, 3.8) is 0 Å². The normalized spacial score (nSPS) is 21.7. The highest BCUT2D eigenvalue weighted by atomic mass is 32.2. The molecule has 112 valence electrons. The van der Waals surface area contributed by atoms with Crippen molar-refractivity contribution in [1.29, 1.82) is 0 Å². The fourth-order valence-corrected chi connectivity index (χ4v) is 3.04. The number of hydrogen-bond acceptors (Lipinski definition) is 4. The first kappa shape index (κ1) is 15.5. The minimum Gasteiger partial charge on any atom is -0.269 e. The number of fused-ring (bicyclic) bond motifs is 1. The van der Waals surface area contributed by atoms with Gasteiger partial charge in [-0.25, -0.2) is 9.37 Å². The molecule has 0 aromatic heterocycles. The molecule has 0 aromatic rings. The largest absolute Gasteiger partial charge is 0.358 e. The summed E-state index contributed by atoms with van der Waals surface area (Å²) >= 11 is 1.49. The van der Waals surface area contributed by atoms with Gasteiger partial charge in [0.2, 0.25) is 0 Å². The van der Waals surface area contributed by atoms with Crippen molar-refractivity contribution < 1.29 is 14.2 Å². The summed E-state index contributed by atoms with van der Waals surface area (Å²) in [4.78, 5) is 31.5. The van der Waals surface area contributed by atoms with Crippen molar-refractivity contribution in [3.05, 3.63) is 24.8 Å². The van der Waals surface area contributed by atoms with Crippen LogP contribution in [-0.2, 0) is 4.79 Å². The van der Waals surface area contributed by atoms with Crippen LogP contribution in [0.1, 0.15) is 6.92 Å². The molecule has 0 radical (unpaired) electrons. The van der Waals surface area contributed by atoms with Crippen LogP contribution in [0.15, 0.2) is 29.8 Å². The quantitative estimate of drug-likeness (QED) is 0.578. The Balaban J connectivity index is 2.44. The van der Waals surface area contributed by atoms with E-state index in [1.54, 1.807) is 13.1 Å². The number of aliphatic imine (C=N–C) groups is 1. The van der Waals surface area contributed by atoms with E-state index in [1.165, 1.54) is 23.7 Å². The second-order valence-electron chi connectivity index (χ2n) is 5.08. The van der Waals surface area contributed by atoms with E-state index in [0.29, 0.717) is 18.1 Å². The van der Waals surface area contributed by atoms with Gasteiger partial charge < -0.3 is 0 Å². The first-order chi connectivity index (χ1) is 9.88. The zero-order valence-electron chi connectivity index (χ0n) is 12.5. The van der Waals surface area contributed by atoms with Crippen LogP contribution in [-0.4, -0.2) is 69.8 Å². The van der Waals surface area contributed by atoms with Crippen molar-refractivity contribution in [2.75, 3.05) is 26.4 Å². The third-order valence-corrected chi connectivity index (χ3v) is 4.25. The third-order valence-electron chi connectivity index (χ3n) is 3.26. The SMILES string of the molecule is C=CCSC1=[N+](CC(=C)C)C2C(=O)N(C)C(=O)N(C)C2=N1. The number of likely N-dealkylation sites (N-methyl/N-ethyl adjacent to an activating group) is 2. The van der Waals surface area contributed by atoms with Gasteiger partial charge in [0.25, 0.3) is 17.8 Å². The highest BCUT2D eigenvalue weighted by Crippen LogP contribution is 2.23. The average Bonchev–Trinajstić information content (AvgIpc) is 2.78. The van der Waals surface area contributed by atoms with Gasteiger partial charge in [-0.15, -0.1) is 6.58 Å². The van der Waals surface area contributed by atoms with Gasteiger partial charge >= 0.3 is 11.2 Å². The van der Waals surface area contributed by atoms with E-state index in [9.17, 15) is 9.59 Å². The van der Waals surface area contributed by atoms with Crippen LogP contribution in [0.25, 0.3) is 0 Å². The summed E-state index contributed by atoms with van der Waals surface area (Å²) in [6, 6.07) is -0.915. The van der Waals surface area contributed by atoms with Crippen LogP contribution in [0.2, 0.25) is 0 Å². The van der Waals surface area contributed by atoms with Gasteiger partial charge in [-0.05, 0) is 29.3 Å². The fraction of sp³-hybridized carbons (Fsp3) is 0.429. The molecular formula is C14H19N4O2S+. The number of carbonyl (C=O) groups is 2. The predicted molar refractivity (Wildman–Crippen MR) is 84.8 cm³/mol. The Morgan fingerprint density at radius 2 is 2.10 bits per heavy atom. The molecule has 1 fully saturated rings. The van der Waals surface area contributed by atoms with Gasteiger partial charge in [0.05, 0.1) is 0 Å². The lowest BCUT2D eigenvalue weighted by Crippen LogP contribution is -2.61. The summed E-state index contributed by atoms with van der Waals surface area (Å²) in [5, 5.41) is 0.723. The number of thioether (sulfide) groups is 1. The summed E-state index contributed by atoms with van der Waals surface area (Å²) in [5.74, 6) is 0.913. The molecule has 0 saturated carbocycles. The third kappa shape index (κ3) is 2.65. The van der Waals surface area contributed by atoms with Crippen LogP contribution >= 0.6 is 11.8 Å². The van der Waals surface area contributed by atoms with E-state index in [1.807, 2.05) is 11.5 Å². The number of hydrogen-bond donors (Lipinski definition) is 0. The Morgan fingerprint density at radius 3 is 2.67 bits per heavy atom. The van der Waals surface area contributed by atoms with E-state index >= 15 is 0 Å². The van der Waals surface area contributed by atoms with Crippen molar-refractivity contribution >= 4 is 34.7 Å². The average molecular weight is 307 g/mol. The molecule has 0 spiro atoms. The first-order valence-electron chi connectivity index (χ1n) is 6.54. The summed E-state index contributed by atoms with van der Waals surface area (Å²) < 4.78 is 1.90. The maximum Gasteiger partial charge on any atom is 0.358 e. The molecule has 0 aromatic carbocycles. The van der Waals surface area contributed by atoms with E-state index < -0.39 is 6.04 Å². The number of carbonyl (C=O) groups excluding carboxylic acids is 2. The molecule has 21 heavy (non-hydrogen) atoms. The smallest absolute Gasteiger partial charge is 0.269 e. The van der Waals surface area contributed by atoms with E-state index in [-0.39, 0.29) is 11.9 Å². The van der Waals surface area contributed by atoms with Crippen LogP contribution in [0.3, 0.4) is 0 Å². The number of nitrogens with zero attached hydrogens (tertiary/aromatic N) is 4. The Bertz CT molecular complexity index is 594. The van der Waals surface area contributed by atoms with Crippen molar-refractivity contribution in [1.82, 2.24) is 9.80 Å². The van der Waals surface area contributed by atoms with Crippen LogP contribution in [0.4, 0.5) is 4.79 Å². The number of amidine groups is 2. The van der Waals surface area contributed by atoms with Crippen LogP contribution in [0, 0.1) is 0 Å². The van der Waals surface area contributed by atoms with Gasteiger partial charge in [0.1, 0.15) is 6.54 Å². The minimum atomic E-state index is -0.554. The zero-order valence-corrected chi connectivity index (χ0v) is 13.3. The highest BCUT2D eigenvalue weighted by Gasteiger charge is 2.52. The molecule has 6 nitrogen and oxygen atoms in total. The van der Waals surface area contributed by atoms with Gasteiger partial charge in [-0.3, -0.25) is 14.6 Å². The van der Waals surface area contributed by atoms with Crippen molar-refractivity contribution in [2.24, 2.45) is 4.99 Å². The van der Waals surface area contributed by atoms with Crippen LogP contribution < -0.4 is 0 Å². The van der Waals surface area contributed by atoms with Crippen LogP contribution in [0.5, 0.6) is 0 Å². The van der Waals surface area contributed by atoms with E-state index in [2.05, 4.69) is 18.2 Å². The zero-order chi connectivity index (χ0) is 15.7. The maximum atomic E-state index is 12.5. The molecule has 2 rings (SSSR count). The summed E-state index contributed by atoms with van der Waals surface area (Å²) in [6.07, 6.45) is 1.78. The molecule has 0 bridgehead atoms. The van der Waals surface area contributed by atoms with Crippen molar-refractivity contribution in [2.45, 2.75) is 13.0 Å². The summed E-state index contributed by atoms with van der Waals surface area (Å²) in [7, 11) is 3.13. The van der Waals surface area contributed by atoms with Gasteiger partial charge in [-0.2, -0.15) is 0 Å². The topological polar surface area (TPSA) is 56.0 Å². The Morgan fingerprint density at radius 1 is 1.43 bits per heavy atom. The molecule has 0 aliphatic carbocycles. The van der Waals surface area contributed by atoms with Gasteiger partial charge in [0, 0.05) is 19.8 Å². The Kier molecular flexibility index (Phi) is 4.32. The molecule has 1 saturated heterocycles. The molecule has 1 atom stereocenters. The van der Waals surface area contributed by atoms with E-state index in [0.717, 1.165) is 15.6 Å². The highest BCUT2D eigenvalue weighted by molar-refractivity contribution is 8.13. The summed E-state index contributed by atoms with van der Waals surface area (Å²) in [5.41, 5.74) is 0.929. The summed E-state index contributed by atoms with van der Waals surface area (Å²) in [6.45, 7) is 10.0. The number of urea groups is 1. The van der Waals surface area contributed by atoms with Gasteiger partial charge in [0.15, 0.2) is 0 Å². The molecule has 2 aliphatic heterocycles. The molecule has 2 aliphatic rings. The number of imide groups is 1. The molecule has 3 amide bonds. The fourth-order valence-electron chi connectivity index (χ4n) is 2.27. The first-order valence-corrected chi connectivity index (χ1v) is 7.52. The second kappa shape index (κ2) is 5.85. The lowest BCUT2D eigenvalue weighted by molar-refractivity contribution is -0.524. The van der Waals surface area contributed by atoms with Gasteiger partial charge in [-0.1, -0.05) is 12.7 Å². The van der Waals surface area contributed by atoms with E-state index in [4.69, 9.17) is 0 Å². The maximum absolute atomic E-state index is 12.5. The number of amides is 3.